The highest BCUT2D eigenvalue weighted by Gasteiger charge is 2.33. The Hall–Kier alpha value is -0.590. The standard InChI is InChI=1S/C13H15BrClNO3S/c1-8-9(2)12(4-3-11(8)14)16-6-10(5-13(16)17)7-20(15,18)19/h3-4,10H,5-7H2,1-2H3. The van der Waals surface area contributed by atoms with Crippen LogP contribution in [0.25, 0.3) is 0 Å². The van der Waals surface area contributed by atoms with Gasteiger partial charge in [0.25, 0.3) is 0 Å². The molecule has 1 saturated heterocycles. The van der Waals surface area contributed by atoms with E-state index in [-0.39, 0.29) is 24.0 Å². The summed E-state index contributed by atoms with van der Waals surface area (Å²) < 4.78 is 23.3. The Balaban J connectivity index is 2.27. The summed E-state index contributed by atoms with van der Waals surface area (Å²) in [4.78, 5) is 13.8. The van der Waals surface area contributed by atoms with Gasteiger partial charge in [0.2, 0.25) is 15.0 Å². The van der Waals surface area contributed by atoms with Gasteiger partial charge < -0.3 is 4.90 Å². The van der Waals surface area contributed by atoms with Crippen molar-refractivity contribution in [1.29, 1.82) is 0 Å². The fourth-order valence-corrected chi connectivity index (χ4v) is 4.22. The Labute approximate surface area is 131 Å². The Kier molecular flexibility index (Phi) is 4.47. The molecule has 0 spiro atoms. The Morgan fingerprint density at radius 2 is 2.00 bits per heavy atom. The molecule has 1 aliphatic rings. The number of nitrogens with zero attached hydrogens (tertiary/aromatic N) is 1. The molecule has 0 aliphatic carbocycles. The van der Waals surface area contributed by atoms with E-state index in [0.29, 0.717) is 6.54 Å². The van der Waals surface area contributed by atoms with Crippen molar-refractivity contribution in [3.8, 4) is 0 Å². The molecule has 4 nitrogen and oxygen atoms in total. The summed E-state index contributed by atoms with van der Waals surface area (Å²) in [7, 11) is 1.69. The smallest absolute Gasteiger partial charge is 0.232 e. The number of hydrogen-bond donors (Lipinski definition) is 0. The topological polar surface area (TPSA) is 54.5 Å². The van der Waals surface area contributed by atoms with E-state index < -0.39 is 9.05 Å². The van der Waals surface area contributed by atoms with Crippen molar-refractivity contribution in [1.82, 2.24) is 0 Å². The molecule has 1 heterocycles. The zero-order chi connectivity index (χ0) is 15.1. The predicted octanol–water partition coefficient (Wildman–Crippen LogP) is 2.99. The van der Waals surface area contributed by atoms with Crippen LogP contribution in [0, 0.1) is 19.8 Å². The maximum Gasteiger partial charge on any atom is 0.232 e. The Bertz CT molecular complexity index is 660. The molecule has 0 aromatic heterocycles. The summed E-state index contributed by atoms with van der Waals surface area (Å²) in [5.74, 6) is -0.459. The van der Waals surface area contributed by atoms with Crippen molar-refractivity contribution in [2.24, 2.45) is 5.92 Å². The van der Waals surface area contributed by atoms with Crippen LogP contribution in [-0.4, -0.2) is 26.6 Å². The van der Waals surface area contributed by atoms with Gasteiger partial charge >= 0.3 is 0 Å². The highest BCUT2D eigenvalue weighted by Crippen LogP contribution is 2.33. The highest BCUT2D eigenvalue weighted by atomic mass is 79.9. The van der Waals surface area contributed by atoms with E-state index in [2.05, 4.69) is 15.9 Å². The van der Waals surface area contributed by atoms with Gasteiger partial charge in [-0.15, -0.1) is 0 Å². The maximum absolute atomic E-state index is 12.1. The fourth-order valence-electron chi connectivity index (χ4n) is 2.47. The van der Waals surface area contributed by atoms with E-state index in [1.54, 1.807) is 4.90 Å². The first-order chi connectivity index (χ1) is 9.19. The van der Waals surface area contributed by atoms with Gasteiger partial charge in [-0.2, -0.15) is 0 Å². The number of benzene rings is 1. The lowest BCUT2D eigenvalue weighted by atomic mass is 10.1. The molecule has 0 radical (unpaired) electrons. The second kappa shape index (κ2) is 5.66. The van der Waals surface area contributed by atoms with E-state index >= 15 is 0 Å². The summed E-state index contributed by atoms with van der Waals surface area (Å²) in [6.45, 7) is 4.32. The second-order valence-corrected chi connectivity index (χ2v) is 8.77. The van der Waals surface area contributed by atoms with Crippen LogP contribution in [0.15, 0.2) is 16.6 Å². The van der Waals surface area contributed by atoms with Gasteiger partial charge in [0.1, 0.15) is 0 Å². The van der Waals surface area contributed by atoms with Crippen molar-refractivity contribution >= 4 is 47.3 Å². The molecule has 0 N–H and O–H groups in total. The van der Waals surface area contributed by atoms with E-state index in [0.717, 1.165) is 21.3 Å². The molecule has 0 bridgehead atoms. The van der Waals surface area contributed by atoms with Crippen LogP contribution in [0.2, 0.25) is 0 Å². The molecule has 1 aromatic rings. The largest absolute Gasteiger partial charge is 0.312 e. The third kappa shape index (κ3) is 3.35. The first kappa shape index (κ1) is 15.8. The Morgan fingerprint density at radius 1 is 1.35 bits per heavy atom. The summed E-state index contributed by atoms with van der Waals surface area (Å²) >= 11 is 3.46. The predicted molar refractivity (Wildman–Crippen MR) is 83.7 cm³/mol. The molecule has 110 valence electrons. The lowest BCUT2D eigenvalue weighted by molar-refractivity contribution is -0.117. The number of hydrogen-bond acceptors (Lipinski definition) is 3. The molecule has 1 amide bonds. The fraction of sp³-hybridized carbons (Fsp3) is 0.462. The average molecular weight is 381 g/mol. The molecular formula is C13H15BrClNO3S. The van der Waals surface area contributed by atoms with E-state index in [1.807, 2.05) is 26.0 Å². The van der Waals surface area contributed by atoms with Gasteiger partial charge in [0.05, 0.1) is 5.75 Å². The van der Waals surface area contributed by atoms with Gasteiger partial charge in [-0.1, -0.05) is 15.9 Å². The molecule has 7 heteroatoms. The molecule has 20 heavy (non-hydrogen) atoms. The number of rotatable bonds is 3. The van der Waals surface area contributed by atoms with E-state index in [9.17, 15) is 13.2 Å². The van der Waals surface area contributed by atoms with Crippen LogP contribution in [-0.2, 0) is 13.8 Å². The summed E-state index contributed by atoms with van der Waals surface area (Å²) in [5.41, 5.74) is 2.93. The minimum Gasteiger partial charge on any atom is -0.312 e. The van der Waals surface area contributed by atoms with Crippen molar-refractivity contribution in [3.63, 3.8) is 0 Å². The number of carbonyl (C=O) groups is 1. The average Bonchev–Trinajstić information content (AvgIpc) is 2.65. The zero-order valence-electron chi connectivity index (χ0n) is 11.2. The van der Waals surface area contributed by atoms with Crippen LogP contribution >= 0.6 is 26.6 Å². The molecular weight excluding hydrogens is 366 g/mol. The third-order valence-corrected chi connectivity index (χ3v) is 5.73. The second-order valence-electron chi connectivity index (χ2n) is 5.10. The summed E-state index contributed by atoms with van der Waals surface area (Å²) in [6, 6.07) is 3.78. The van der Waals surface area contributed by atoms with Gasteiger partial charge in [0.15, 0.2) is 0 Å². The molecule has 0 saturated carbocycles. The summed E-state index contributed by atoms with van der Waals surface area (Å²) in [5, 5.41) is 0. The van der Waals surface area contributed by atoms with Gasteiger partial charge in [0, 0.05) is 39.7 Å². The van der Waals surface area contributed by atoms with Crippen LogP contribution in [0.5, 0.6) is 0 Å². The summed E-state index contributed by atoms with van der Waals surface area (Å²) in [6.07, 6.45) is 0.223. The quantitative estimate of drug-likeness (QED) is 0.758. The molecule has 1 fully saturated rings. The first-order valence-corrected chi connectivity index (χ1v) is 9.44. The van der Waals surface area contributed by atoms with Crippen molar-refractivity contribution < 1.29 is 13.2 Å². The minimum atomic E-state index is -3.58. The molecule has 2 rings (SSSR count). The van der Waals surface area contributed by atoms with Crippen LogP contribution in [0.1, 0.15) is 17.5 Å². The lowest BCUT2D eigenvalue weighted by Gasteiger charge is -2.21. The monoisotopic (exact) mass is 379 g/mol. The molecule has 1 aliphatic heterocycles. The van der Waals surface area contributed by atoms with Gasteiger partial charge in [-0.25, -0.2) is 8.42 Å². The minimum absolute atomic E-state index is 0.0554. The van der Waals surface area contributed by atoms with E-state index in [4.69, 9.17) is 10.7 Å². The van der Waals surface area contributed by atoms with Gasteiger partial charge in [-0.3, -0.25) is 4.79 Å². The first-order valence-electron chi connectivity index (χ1n) is 6.17. The normalized spacial score (nSPS) is 19.7. The van der Waals surface area contributed by atoms with Crippen molar-refractivity contribution in [3.05, 3.63) is 27.7 Å². The highest BCUT2D eigenvalue weighted by molar-refractivity contribution is 9.10. The molecule has 1 aromatic carbocycles. The van der Waals surface area contributed by atoms with Crippen molar-refractivity contribution in [2.75, 3.05) is 17.2 Å². The Morgan fingerprint density at radius 3 is 2.60 bits per heavy atom. The van der Waals surface area contributed by atoms with Crippen LogP contribution in [0.3, 0.4) is 0 Å². The van der Waals surface area contributed by atoms with Crippen molar-refractivity contribution in [2.45, 2.75) is 20.3 Å². The number of halogens is 2. The van der Waals surface area contributed by atoms with E-state index in [1.165, 1.54) is 0 Å². The SMILES string of the molecule is Cc1c(Br)ccc(N2CC(CS(=O)(=O)Cl)CC2=O)c1C. The number of amides is 1. The maximum atomic E-state index is 12.1. The molecule has 1 atom stereocenters. The number of anilines is 1. The number of carbonyl (C=O) groups excluding carboxylic acids is 1. The van der Waals surface area contributed by atoms with Crippen LogP contribution in [0.4, 0.5) is 5.69 Å². The molecule has 1 unspecified atom stereocenters. The van der Waals surface area contributed by atoms with Crippen LogP contribution < -0.4 is 4.90 Å². The lowest BCUT2D eigenvalue weighted by Crippen LogP contribution is -2.26. The van der Waals surface area contributed by atoms with Gasteiger partial charge in [-0.05, 0) is 37.1 Å². The third-order valence-electron chi connectivity index (χ3n) is 3.62. The zero-order valence-corrected chi connectivity index (χ0v) is 14.3.